The Balaban J connectivity index is 6.50. The summed E-state index contributed by atoms with van der Waals surface area (Å²) in [7, 11) is -2.09. The van der Waals surface area contributed by atoms with Crippen LogP contribution in [0.25, 0.3) is 0 Å². The molecule has 0 amide bonds. The minimum atomic E-state index is -8.72. The summed E-state index contributed by atoms with van der Waals surface area (Å²) in [4.78, 5) is 17.5. The van der Waals surface area contributed by atoms with Gasteiger partial charge in [0.1, 0.15) is 12.6 Å². The number of halogens is 17. The van der Waals surface area contributed by atoms with Crippen molar-refractivity contribution in [2.75, 3.05) is 27.7 Å². The zero-order chi connectivity index (χ0) is 31.4. The molecule has 0 bridgehead atoms. The zero-order valence-corrected chi connectivity index (χ0v) is 19.6. The van der Waals surface area contributed by atoms with Gasteiger partial charge in [-0.25, -0.2) is 4.57 Å². The van der Waals surface area contributed by atoms with Crippen LogP contribution in [0.3, 0.4) is 0 Å². The average Bonchev–Trinajstić information content (AvgIpc) is 2.61. The summed E-state index contributed by atoms with van der Waals surface area (Å²) in [6.07, 6.45) is -14.7. The first-order chi connectivity index (χ1) is 16.0. The Bertz CT molecular complexity index is 878. The highest BCUT2D eigenvalue weighted by atomic mass is 31.2. The summed E-state index contributed by atoms with van der Waals surface area (Å²) in [5.74, 6) is -57.2. The predicted octanol–water partition coefficient (Wildman–Crippen LogP) is 5.96. The summed E-state index contributed by atoms with van der Waals surface area (Å²) >= 11 is 0. The quantitative estimate of drug-likeness (QED) is 0.150. The standard InChI is InChI=1S/C15H17F17NO4P/c1-33(2,3)6-7(37-38(34,35)36)4-5-8(16,17)9(18,19)10(20,21)11(22,23)12(24,25)13(26,27)14(28,29)15(30,31)32/h7H,4-6H2,1-3H3,(H-,34,35,36)/p+1. The Hall–Kier alpha value is -1.12. The molecule has 0 radical (unpaired) electrons. The van der Waals surface area contributed by atoms with E-state index in [2.05, 4.69) is 4.52 Å². The van der Waals surface area contributed by atoms with Gasteiger partial charge in [0.05, 0.1) is 21.1 Å². The fourth-order valence-electron chi connectivity index (χ4n) is 2.68. The van der Waals surface area contributed by atoms with Crippen molar-refractivity contribution < 1.29 is 98.0 Å². The Morgan fingerprint density at radius 3 is 1.24 bits per heavy atom. The summed E-state index contributed by atoms with van der Waals surface area (Å²) < 4.78 is 240. The number of phosphoric ester groups is 1. The van der Waals surface area contributed by atoms with E-state index in [1.807, 2.05) is 0 Å². The van der Waals surface area contributed by atoms with Crippen molar-refractivity contribution in [3.8, 4) is 0 Å². The second kappa shape index (κ2) is 10.1. The molecule has 0 rings (SSSR count). The van der Waals surface area contributed by atoms with E-state index in [-0.39, 0.29) is 0 Å². The third-order valence-electron chi connectivity index (χ3n) is 4.61. The maximum absolute atomic E-state index is 14.0. The highest BCUT2D eigenvalue weighted by molar-refractivity contribution is 7.46. The van der Waals surface area contributed by atoms with Crippen LogP contribution in [0.15, 0.2) is 0 Å². The smallest absolute Gasteiger partial charge is 0.329 e. The van der Waals surface area contributed by atoms with Gasteiger partial charge in [-0.3, -0.25) is 4.52 Å². The summed E-state index contributed by atoms with van der Waals surface area (Å²) in [5.41, 5.74) is 0. The second-order valence-electron chi connectivity index (χ2n) is 8.88. The number of quaternary nitrogens is 1. The maximum atomic E-state index is 14.0. The van der Waals surface area contributed by atoms with E-state index in [4.69, 9.17) is 9.79 Å². The second-order valence-corrected chi connectivity index (χ2v) is 10.1. The SMILES string of the molecule is C[N+](C)(C)CC(CCC(F)(F)C(F)(F)C(F)(F)C(F)(F)C(F)(F)C(F)(F)C(F)(F)C(F)(F)F)OP(=O)(O)O. The number of hydrogen-bond acceptors (Lipinski definition) is 2. The van der Waals surface area contributed by atoms with E-state index in [9.17, 15) is 79.2 Å². The van der Waals surface area contributed by atoms with Crippen LogP contribution < -0.4 is 0 Å². The number of likely N-dealkylation sites (N-methyl/N-ethyl adjacent to an activating group) is 1. The highest BCUT2D eigenvalue weighted by Crippen LogP contribution is 2.64. The zero-order valence-electron chi connectivity index (χ0n) is 18.7. The van der Waals surface area contributed by atoms with E-state index >= 15 is 0 Å². The lowest BCUT2D eigenvalue weighted by atomic mass is 9.87. The first-order valence-corrected chi connectivity index (χ1v) is 10.8. The van der Waals surface area contributed by atoms with Gasteiger partial charge in [-0.05, 0) is 6.42 Å². The molecule has 0 aromatic carbocycles. The number of hydrogen-bond donors (Lipinski definition) is 2. The lowest BCUT2D eigenvalue weighted by Gasteiger charge is -2.43. The van der Waals surface area contributed by atoms with Gasteiger partial charge in [0.2, 0.25) is 0 Å². The number of alkyl halides is 17. The minimum Gasteiger partial charge on any atom is -0.329 e. The topological polar surface area (TPSA) is 66.8 Å². The molecule has 0 aliphatic carbocycles. The fraction of sp³-hybridized carbons (Fsp3) is 1.00. The van der Waals surface area contributed by atoms with Crippen LogP contribution in [0.5, 0.6) is 0 Å². The Labute approximate surface area is 201 Å². The largest absolute Gasteiger partial charge is 0.470 e. The van der Waals surface area contributed by atoms with Gasteiger partial charge in [-0.1, -0.05) is 0 Å². The van der Waals surface area contributed by atoms with Crippen LogP contribution in [0.4, 0.5) is 74.6 Å². The Kier molecular flexibility index (Phi) is 9.76. The first-order valence-electron chi connectivity index (χ1n) is 9.29. The van der Waals surface area contributed by atoms with E-state index in [1.54, 1.807) is 0 Å². The Morgan fingerprint density at radius 1 is 0.632 bits per heavy atom. The van der Waals surface area contributed by atoms with Gasteiger partial charge >= 0.3 is 55.5 Å². The highest BCUT2D eigenvalue weighted by Gasteiger charge is 2.95. The van der Waals surface area contributed by atoms with Crippen LogP contribution >= 0.6 is 7.82 Å². The Morgan fingerprint density at radius 2 is 0.947 bits per heavy atom. The van der Waals surface area contributed by atoms with E-state index in [0.717, 1.165) is 0 Å². The van der Waals surface area contributed by atoms with Gasteiger partial charge in [0.25, 0.3) is 0 Å². The molecular formula is C15H18F17NO4P+. The number of nitrogens with zero attached hydrogens (tertiary/aromatic N) is 1. The molecule has 230 valence electrons. The molecule has 1 atom stereocenters. The molecule has 1 unspecified atom stereocenters. The molecule has 0 saturated carbocycles. The van der Waals surface area contributed by atoms with Crippen molar-refractivity contribution in [3.05, 3.63) is 0 Å². The van der Waals surface area contributed by atoms with Crippen LogP contribution in [-0.2, 0) is 9.09 Å². The third-order valence-corrected chi connectivity index (χ3v) is 5.18. The molecule has 0 aromatic rings. The lowest BCUT2D eigenvalue weighted by Crippen LogP contribution is -2.74. The van der Waals surface area contributed by atoms with Crippen molar-refractivity contribution >= 4 is 7.82 Å². The molecular weight excluding hydrogens is 612 g/mol. The average molecular weight is 630 g/mol. The van der Waals surface area contributed by atoms with Gasteiger partial charge in [0, 0.05) is 6.42 Å². The molecule has 0 saturated heterocycles. The van der Waals surface area contributed by atoms with Crippen molar-refractivity contribution in [2.24, 2.45) is 0 Å². The van der Waals surface area contributed by atoms with Crippen molar-refractivity contribution in [1.82, 2.24) is 0 Å². The van der Waals surface area contributed by atoms with Gasteiger partial charge in [0.15, 0.2) is 0 Å². The fourth-order valence-corrected chi connectivity index (χ4v) is 3.24. The number of phosphoric acid groups is 1. The van der Waals surface area contributed by atoms with Crippen LogP contribution in [0.1, 0.15) is 12.8 Å². The van der Waals surface area contributed by atoms with Crippen molar-refractivity contribution in [2.45, 2.75) is 66.6 Å². The third kappa shape index (κ3) is 6.60. The maximum Gasteiger partial charge on any atom is 0.470 e. The van der Waals surface area contributed by atoms with Gasteiger partial charge < -0.3 is 14.3 Å². The predicted molar refractivity (Wildman–Crippen MR) is 89.7 cm³/mol. The van der Waals surface area contributed by atoms with Crippen LogP contribution in [0.2, 0.25) is 0 Å². The van der Waals surface area contributed by atoms with Crippen molar-refractivity contribution in [1.29, 1.82) is 0 Å². The summed E-state index contributed by atoms with van der Waals surface area (Å²) in [6, 6.07) is 0. The van der Waals surface area contributed by atoms with E-state index in [1.165, 1.54) is 21.1 Å². The molecule has 5 nitrogen and oxygen atoms in total. The molecule has 2 N–H and O–H groups in total. The van der Waals surface area contributed by atoms with E-state index in [0.29, 0.717) is 0 Å². The molecule has 0 aliphatic rings. The normalized spacial score (nSPS) is 17.1. The first kappa shape index (κ1) is 36.9. The summed E-state index contributed by atoms with van der Waals surface area (Å²) in [5, 5.41) is 0. The van der Waals surface area contributed by atoms with Crippen LogP contribution in [0, 0.1) is 0 Å². The van der Waals surface area contributed by atoms with Crippen molar-refractivity contribution in [3.63, 3.8) is 0 Å². The molecule has 23 heteroatoms. The molecule has 0 heterocycles. The van der Waals surface area contributed by atoms with Gasteiger partial charge in [-0.2, -0.15) is 74.6 Å². The minimum absolute atomic E-state index is 0.463. The molecule has 38 heavy (non-hydrogen) atoms. The molecule has 0 aliphatic heterocycles. The molecule has 0 spiro atoms. The molecule has 0 aromatic heterocycles. The number of rotatable bonds is 13. The molecule has 0 fully saturated rings. The lowest BCUT2D eigenvalue weighted by molar-refractivity contribution is -0.873. The summed E-state index contributed by atoms with van der Waals surface area (Å²) in [6.45, 7) is -0.782. The van der Waals surface area contributed by atoms with Crippen LogP contribution in [-0.4, -0.2) is 95.7 Å². The van der Waals surface area contributed by atoms with Gasteiger partial charge in [-0.15, -0.1) is 0 Å². The monoisotopic (exact) mass is 630 g/mol. The van der Waals surface area contributed by atoms with E-state index < -0.39 is 85.4 Å².